The fraction of sp³-hybridized carbons (Fsp3) is 1.00. The normalized spacial score (nSPS) is 15.4. The molecular formula is C5H11F2NO2S. The average Bonchev–Trinajstić information content (AvgIpc) is 1.84. The van der Waals surface area contributed by atoms with E-state index in [-0.39, 0.29) is 12.5 Å². The van der Waals surface area contributed by atoms with Crippen LogP contribution in [0.5, 0.6) is 0 Å². The van der Waals surface area contributed by atoms with E-state index in [4.69, 9.17) is 5.73 Å². The van der Waals surface area contributed by atoms with Crippen LogP contribution >= 0.6 is 0 Å². The highest BCUT2D eigenvalue weighted by Crippen LogP contribution is 2.07. The SMILES string of the molecule is CC(N)CCS(=O)(=O)C(F)F. The van der Waals surface area contributed by atoms with E-state index in [0.29, 0.717) is 0 Å². The standard InChI is InChI=1S/C5H11F2NO2S/c1-4(8)2-3-11(9,10)5(6)7/h4-5H,2-3,8H2,1H3. The van der Waals surface area contributed by atoms with E-state index < -0.39 is 21.3 Å². The molecule has 0 bridgehead atoms. The van der Waals surface area contributed by atoms with Crippen LogP contribution in [-0.4, -0.2) is 26.0 Å². The van der Waals surface area contributed by atoms with Crippen LogP contribution in [0.25, 0.3) is 0 Å². The van der Waals surface area contributed by atoms with Crippen molar-refractivity contribution in [2.45, 2.75) is 25.1 Å². The quantitative estimate of drug-likeness (QED) is 0.691. The van der Waals surface area contributed by atoms with Crippen molar-refractivity contribution in [1.82, 2.24) is 0 Å². The van der Waals surface area contributed by atoms with Crippen molar-refractivity contribution < 1.29 is 17.2 Å². The van der Waals surface area contributed by atoms with Crippen LogP contribution in [0.1, 0.15) is 13.3 Å². The summed E-state index contributed by atoms with van der Waals surface area (Å²) in [6.45, 7) is 1.57. The third-order valence-corrected chi connectivity index (χ3v) is 2.48. The molecular weight excluding hydrogens is 176 g/mol. The first kappa shape index (κ1) is 10.8. The highest BCUT2D eigenvalue weighted by atomic mass is 32.2. The van der Waals surface area contributed by atoms with Crippen LogP contribution in [0.15, 0.2) is 0 Å². The Morgan fingerprint density at radius 3 is 2.18 bits per heavy atom. The van der Waals surface area contributed by atoms with Gasteiger partial charge in [-0.05, 0) is 13.3 Å². The lowest BCUT2D eigenvalue weighted by Gasteiger charge is -2.04. The minimum atomic E-state index is -4.21. The lowest BCUT2D eigenvalue weighted by Crippen LogP contribution is -2.23. The van der Waals surface area contributed by atoms with Gasteiger partial charge in [0.15, 0.2) is 0 Å². The lowest BCUT2D eigenvalue weighted by molar-refractivity contribution is 0.234. The van der Waals surface area contributed by atoms with Gasteiger partial charge in [-0.25, -0.2) is 8.42 Å². The Morgan fingerprint density at radius 2 is 1.91 bits per heavy atom. The molecule has 0 rings (SSSR count). The zero-order chi connectivity index (χ0) is 9.07. The van der Waals surface area contributed by atoms with Crippen LogP contribution in [0.4, 0.5) is 8.78 Å². The number of nitrogens with two attached hydrogens (primary N) is 1. The van der Waals surface area contributed by atoms with Gasteiger partial charge >= 0.3 is 5.76 Å². The first-order valence-electron chi connectivity index (χ1n) is 3.11. The van der Waals surface area contributed by atoms with Crippen LogP contribution in [0, 0.1) is 0 Å². The Kier molecular flexibility index (Phi) is 3.88. The van der Waals surface area contributed by atoms with Crippen molar-refractivity contribution in [2.24, 2.45) is 5.73 Å². The summed E-state index contributed by atoms with van der Waals surface area (Å²) in [6.07, 6.45) is 0.0761. The van der Waals surface area contributed by atoms with Crippen molar-refractivity contribution in [2.75, 3.05) is 5.75 Å². The molecule has 1 unspecified atom stereocenters. The third kappa shape index (κ3) is 4.26. The minimum Gasteiger partial charge on any atom is -0.328 e. The second-order valence-electron chi connectivity index (χ2n) is 2.39. The Hall–Kier alpha value is -0.230. The van der Waals surface area contributed by atoms with Gasteiger partial charge in [-0.3, -0.25) is 0 Å². The van der Waals surface area contributed by atoms with Crippen molar-refractivity contribution in [3.8, 4) is 0 Å². The largest absolute Gasteiger partial charge is 0.336 e. The van der Waals surface area contributed by atoms with Crippen LogP contribution < -0.4 is 5.73 Å². The summed E-state index contributed by atoms with van der Waals surface area (Å²) in [5, 5.41) is 0. The van der Waals surface area contributed by atoms with E-state index in [1.165, 1.54) is 0 Å². The number of sulfone groups is 1. The second-order valence-corrected chi connectivity index (χ2v) is 4.48. The topological polar surface area (TPSA) is 60.2 Å². The third-order valence-electron chi connectivity index (χ3n) is 1.13. The molecule has 0 heterocycles. The van der Waals surface area contributed by atoms with E-state index in [0.717, 1.165) is 0 Å². The molecule has 0 aromatic rings. The van der Waals surface area contributed by atoms with E-state index in [1.807, 2.05) is 0 Å². The van der Waals surface area contributed by atoms with Gasteiger partial charge in [-0.1, -0.05) is 0 Å². The van der Waals surface area contributed by atoms with Gasteiger partial charge in [0, 0.05) is 6.04 Å². The molecule has 6 heteroatoms. The molecule has 0 fully saturated rings. The molecule has 3 nitrogen and oxygen atoms in total. The molecule has 0 aliphatic carbocycles. The highest BCUT2D eigenvalue weighted by molar-refractivity contribution is 7.91. The number of hydrogen-bond donors (Lipinski definition) is 1. The Balaban J connectivity index is 3.95. The highest BCUT2D eigenvalue weighted by Gasteiger charge is 2.23. The fourth-order valence-electron chi connectivity index (χ4n) is 0.439. The van der Waals surface area contributed by atoms with Gasteiger partial charge in [-0.15, -0.1) is 0 Å². The molecule has 0 aromatic carbocycles. The smallest absolute Gasteiger partial charge is 0.328 e. The first-order chi connectivity index (χ1) is 4.86. The molecule has 0 radical (unpaired) electrons. The molecule has 0 aliphatic rings. The van der Waals surface area contributed by atoms with Crippen molar-refractivity contribution in [3.63, 3.8) is 0 Å². The summed E-state index contributed by atoms with van der Waals surface area (Å²) in [4.78, 5) is 0. The van der Waals surface area contributed by atoms with Crippen molar-refractivity contribution >= 4 is 9.84 Å². The fourth-order valence-corrected chi connectivity index (χ4v) is 1.32. The zero-order valence-electron chi connectivity index (χ0n) is 6.13. The molecule has 0 aliphatic heterocycles. The molecule has 11 heavy (non-hydrogen) atoms. The summed E-state index contributed by atoms with van der Waals surface area (Å²) >= 11 is 0. The molecule has 0 saturated heterocycles. The van der Waals surface area contributed by atoms with Gasteiger partial charge in [0.25, 0.3) is 0 Å². The minimum absolute atomic E-state index is 0.0761. The number of rotatable bonds is 4. The zero-order valence-corrected chi connectivity index (χ0v) is 6.94. The van der Waals surface area contributed by atoms with E-state index in [2.05, 4.69) is 0 Å². The van der Waals surface area contributed by atoms with Gasteiger partial charge in [0.05, 0.1) is 5.75 Å². The summed E-state index contributed by atoms with van der Waals surface area (Å²) in [5.74, 6) is -3.82. The van der Waals surface area contributed by atoms with Gasteiger partial charge in [0.1, 0.15) is 0 Å². The van der Waals surface area contributed by atoms with Crippen LogP contribution in [-0.2, 0) is 9.84 Å². The van der Waals surface area contributed by atoms with Crippen molar-refractivity contribution in [3.05, 3.63) is 0 Å². The van der Waals surface area contributed by atoms with Gasteiger partial charge < -0.3 is 5.73 Å². The monoisotopic (exact) mass is 187 g/mol. The predicted octanol–water partition coefficient (Wildman–Crippen LogP) is 0.361. The summed E-state index contributed by atoms with van der Waals surface area (Å²) in [6, 6.07) is -0.358. The van der Waals surface area contributed by atoms with E-state index >= 15 is 0 Å². The van der Waals surface area contributed by atoms with Crippen LogP contribution in [0.2, 0.25) is 0 Å². The molecule has 2 N–H and O–H groups in total. The maximum atomic E-state index is 11.6. The summed E-state index contributed by atoms with van der Waals surface area (Å²) in [7, 11) is -4.21. The number of hydrogen-bond acceptors (Lipinski definition) is 3. The summed E-state index contributed by atoms with van der Waals surface area (Å²) < 4.78 is 44.1. The molecule has 0 saturated carbocycles. The average molecular weight is 187 g/mol. The molecule has 68 valence electrons. The van der Waals surface area contributed by atoms with Crippen LogP contribution in [0.3, 0.4) is 0 Å². The Morgan fingerprint density at radius 1 is 1.45 bits per heavy atom. The molecule has 0 spiro atoms. The number of alkyl halides is 2. The molecule has 1 atom stereocenters. The van der Waals surface area contributed by atoms with E-state index in [9.17, 15) is 17.2 Å². The Labute approximate surface area is 64.5 Å². The number of halogens is 2. The predicted molar refractivity (Wildman–Crippen MR) is 38.1 cm³/mol. The summed E-state index contributed by atoms with van der Waals surface area (Å²) in [5.41, 5.74) is 5.19. The van der Waals surface area contributed by atoms with Gasteiger partial charge in [-0.2, -0.15) is 8.78 Å². The van der Waals surface area contributed by atoms with E-state index in [1.54, 1.807) is 6.92 Å². The molecule has 0 aromatic heterocycles. The lowest BCUT2D eigenvalue weighted by atomic mass is 10.3. The first-order valence-corrected chi connectivity index (χ1v) is 4.83. The van der Waals surface area contributed by atoms with Gasteiger partial charge in [0.2, 0.25) is 9.84 Å². The maximum Gasteiger partial charge on any atom is 0.336 e. The Bertz CT molecular complexity index is 201. The maximum absolute atomic E-state index is 11.6. The second kappa shape index (κ2) is 3.96. The molecule has 0 amide bonds. The van der Waals surface area contributed by atoms with Crippen molar-refractivity contribution in [1.29, 1.82) is 0 Å².